The number of halogens is 3. The van der Waals surface area contributed by atoms with E-state index in [4.69, 9.17) is 42.1 Å². The van der Waals surface area contributed by atoms with Gasteiger partial charge in [0.05, 0.1) is 28.7 Å². The summed E-state index contributed by atoms with van der Waals surface area (Å²) < 4.78 is 19.6. The number of fused-ring (bicyclic) bond motifs is 2. The standard InChI is InChI=1S/C31H20BrCl2N3O4/c1-39-27-13-19(12-24(32)29(27)40-17-18-6-8-21(33)9-7-18)16-35-37-30(36-25-5-3-2-4-23(25)31(37)38)28-15-20-14-22(34)10-11-26(20)41-28/h2-16H,17H2,1H3. The van der Waals surface area contributed by atoms with Gasteiger partial charge in [-0.15, -0.1) is 0 Å². The first-order chi connectivity index (χ1) is 19.9. The van der Waals surface area contributed by atoms with Crippen LogP contribution < -0.4 is 15.0 Å². The Kier molecular flexibility index (Phi) is 7.53. The quantitative estimate of drug-likeness (QED) is 0.163. The third kappa shape index (κ3) is 5.59. The number of hydrogen-bond donors (Lipinski definition) is 0. The number of aromatic nitrogens is 2. The minimum Gasteiger partial charge on any atom is -0.493 e. The van der Waals surface area contributed by atoms with Crippen molar-refractivity contribution in [2.75, 3.05) is 7.11 Å². The largest absolute Gasteiger partial charge is 0.493 e. The highest BCUT2D eigenvalue weighted by molar-refractivity contribution is 9.10. The van der Waals surface area contributed by atoms with Crippen molar-refractivity contribution in [3.8, 4) is 23.1 Å². The maximum absolute atomic E-state index is 13.6. The van der Waals surface area contributed by atoms with E-state index >= 15 is 0 Å². The van der Waals surface area contributed by atoms with E-state index in [-0.39, 0.29) is 11.4 Å². The summed E-state index contributed by atoms with van der Waals surface area (Å²) >= 11 is 15.7. The summed E-state index contributed by atoms with van der Waals surface area (Å²) in [6.45, 7) is 0.323. The summed E-state index contributed by atoms with van der Waals surface area (Å²) in [6.07, 6.45) is 1.55. The predicted molar refractivity (Wildman–Crippen MR) is 166 cm³/mol. The summed E-state index contributed by atoms with van der Waals surface area (Å²) in [5, 5.41) is 6.99. The number of nitrogens with zero attached hydrogens (tertiary/aromatic N) is 3. The molecule has 2 aromatic heterocycles. The highest BCUT2D eigenvalue weighted by Crippen LogP contribution is 2.37. The molecule has 4 aromatic carbocycles. The Hall–Kier alpha value is -4.11. The van der Waals surface area contributed by atoms with Crippen molar-refractivity contribution in [3.05, 3.63) is 121 Å². The van der Waals surface area contributed by atoms with Gasteiger partial charge in [0, 0.05) is 15.4 Å². The number of rotatable bonds is 7. The van der Waals surface area contributed by atoms with Gasteiger partial charge < -0.3 is 13.9 Å². The second-order valence-corrected chi connectivity index (χ2v) is 10.8. The van der Waals surface area contributed by atoms with Gasteiger partial charge in [0.1, 0.15) is 12.2 Å². The monoisotopic (exact) mass is 647 g/mol. The van der Waals surface area contributed by atoms with Crippen molar-refractivity contribution in [3.63, 3.8) is 0 Å². The molecule has 0 fully saturated rings. The van der Waals surface area contributed by atoms with Crippen LogP contribution in [0.25, 0.3) is 33.5 Å². The van der Waals surface area contributed by atoms with Crippen LogP contribution >= 0.6 is 39.1 Å². The van der Waals surface area contributed by atoms with E-state index < -0.39 is 0 Å². The minimum atomic E-state index is -0.339. The topological polar surface area (TPSA) is 78.9 Å². The molecule has 0 N–H and O–H groups in total. The zero-order valence-corrected chi connectivity index (χ0v) is 24.6. The van der Waals surface area contributed by atoms with E-state index in [1.165, 1.54) is 4.68 Å². The molecule has 6 rings (SSSR count). The summed E-state index contributed by atoms with van der Waals surface area (Å²) in [4.78, 5) is 18.3. The molecule has 0 aliphatic carbocycles. The SMILES string of the molecule is COc1cc(C=Nn2c(-c3cc4cc(Cl)ccc4o3)nc3ccccc3c2=O)cc(Br)c1OCc1ccc(Cl)cc1. The Morgan fingerprint density at radius 3 is 2.59 bits per heavy atom. The minimum absolute atomic E-state index is 0.256. The lowest BCUT2D eigenvalue weighted by Crippen LogP contribution is -2.20. The van der Waals surface area contributed by atoms with E-state index in [0.717, 1.165) is 10.9 Å². The molecule has 6 aromatic rings. The molecule has 0 amide bonds. The summed E-state index contributed by atoms with van der Waals surface area (Å²) in [5.74, 6) is 1.66. The van der Waals surface area contributed by atoms with Gasteiger partial charge in [-0.05, 0) is 87.7 Å². The summed E-state index contributed by atoms with van der Waals surface area (Å²) in [7, 11) is 1.56. The summed E-state index contributed by atoms with van der Waals surface area (Å²) in [6, 6.07) is 25.2. The molecule has 10 heteroatoms. The normalized spacial score (nSPS) is 11.5. The molecule has 7 nitrogen and oxygen atoms in total. The van der Waals surface area contributed by atoms with Gasteiger partial charge in [0.2, 0.25) is 5.82 Å². The van der Waals surface area contributed by atoms with Gasteiger partial charge in [0.15, 0.2) is 17.3 Å². The first kappa shape index (κ1) is 27.1. The fourth-order valence-electron chi connectivity index (χ4n) is 4.33. The summed E-state index contributed by atoms with van der Waals surface area (Å²) in [5.41, 5.74) is 2.43. The lowest BCUT2D eigenvalue weighted by Gasteiger charge is -2.14. The maximum atomic E-state index is 13.6. The van der Waals surface area contributed by atoms with Gasteiger partial charge in [-0.3, -0.25) is 4.79 Å². The van der Waals surface area contributed by atoms with Crippen LogP contribution in [0.5, 0.6) is 11.5 Å². The zero-order valence-electron chi connectivity index (χ0n) is 21.5. The van der Waals surface area contributed by atoms with Gasteiger partial charge in [-0.2, -0.15) is 9.78 Å². The van der Waals surface area contributed by atoms with Gasteiger partial charge in [-0.25, -0.2) is 4.98 Å². The van der Waals surface area contributed by atoms with Crippen LogP contribution in [0.15, 0.2) is 104 Å². The van der Waals surface area contributed by atoms with E-state index in [1.54, 1.807) is 61.9 Å². The van der Waals surface area contributed by atoms with Crippen LogP contribution in [-0.4, -0.2) is 23.0 Å². The van der Waals surface area contributed by atoms with Gasteiger partial charge in [0.25, 0.3) is 5.56 Å². The average molecular weight is 649 g/mol. The average Bonchev–Trinajstić information content (AvgIpc) is 3.39. The van der Waals surface area contributed by atoms with Crippen LogP contribution in [0.2, 0.25) is 10.0 Å². The second-order valence-electron chi connectivity index (χ2n) is 9.06. The Bertz CT molecular complexity index is 2000. The highest BCUT2D eigenvalue weighted by atomic mass is 79.9. The molecule has 0 saturated heterocycles. The fraction of sp³-hybridized carbons (Fsp3) is 0.0645. The van der Waals surface area contributed by atoms with Crippen molar-refractivity contribution in [2.45, 2.75) is 6.61 Å². The number of benzene rings is 4. The van der Waals surface area contributed by atoms with Crippen molar-refractivity contribution < 1.29 is 13.9 Å². The van der Waals surface area contributed by atoms with Crippen LogP contribution in [0.4, 0.5) is 0 Å². The van der Waals surface area contributed by atoms with Crippen molar-refractivity contribution in [1.82, 2.24) is 9.66 Å². The van der Waals surface area contributed by atoms with E-state index in [0.29, 0.717) is 60.4 Å². The predicted octanol–water partition coefficient (Wildman–Crippen LogP) is 8.35. The maximum Gasteiger partial charge on any atom is 0.282 e. The van der Waals surface area contributed by atoms with Crippen molar-refractivity contribution >= 4 is 67.2 Å². The molecule has 0 bridgehead atoms. The molecular formula is C31H20BrCl2N3O4. The Balaban J connectivity index is 1.39. The fourth-order valence-corrected chi connectivity index (χ4v) is 5.21. The number of furan rings is 1. The number of methoxy groups -OCH3 is 1. The molecule has 41 heavy (non-hydrogen) atoms. The molecule has 0 unspecified atom stereocenters. The smallest absolute Gasteiger partial charge is 0.282 e. The lowest BCUT2D eigenvalue weighted by atomic mass is 10.2. The molecule has 0 aliphatic heterocycles. The molecule has 0 aliphatic rings. The van der Waals surface area contributed by atoms with E-state index in [9.17, 15) is 4.79 Å². The number of para-hydroxylation sites is 1. The molecule has 0 radical (unpaired) electrons. The molecular weight excluding hydrogens is 629 g/mol. The van der Waals surface area contributed by atoms with Crippen LogP contribution in [-0.2, 0) is 6.61 Å². The van der Waals surface area contributed by atoms with Crippen LogP contribution in [0, 0.1) is 0 Å². The molecule has 204 valence electrons. The lowest BCUT2D eigenvalue weighted by molar-refractivity contribution is 0.282. The Morgan fingerprint density at radius 1 is 1.00 bits per heavy atom. The second kappa shape index (κ2) is 11.4. The Labute approximate surface area is 252 Å². The first-order valence-corrected chi connectivity index (χ1v) is 13.9. The van der Waals surface area contributed by atoms with Gasteiger partial charge in [-0.1, -0.05) is 47.5 Å². The van der Waals surface area contributed by atoms with E-state index in [2.05, 4.69) is 21.0 Å². The molecule has 0 saturated carbocycles. The van der Waals surface area contributed by atoms with Crippen LogP contribution in [0.1, 0.15) is 11.1 Å². The zero-order chi connectivity index (χ0) is 28.5. The van der Waals surface area contributed by atoms with E-state index in [1.807, 2.05) is 36.4 Å². The van der Waals surface area contributed by atoms with Crippen molar-refractivity contribution in [2.24, 2.45) is 5.10 Å². The van der Waals surface area contributed by atoms with Crippen LogP contribution in [0.3, 0.4) is 0 Å². The van der Waals surface area contributed by atoms with Crippen molar-refractivity contribution in [1.29, 1.82) is 0 Å². The third-order valence-electron chi connectivity index (χ3n) is 6.32. The highest BCUT2D eigenvalue weighted by Gasteiger charge is 2.17. The van der Waals surface area contributed by atoms with Gasteiger partial charge >= 0.3 is 0 Å². The first-order valence-electron chi connectivity index (χ1n) is 12.4. The number of hydrogen-bond acceptors (Lipinski definition) is 6. The molecule has 0 atom stereocenters. The Morgan fingerprint density at radius 2 is 1.78 bits per heavy atom. The molecule has 0 spiro atoms. The third-order valence-corrected chi connectivity index (χ3v) is 7.40. The molecule has 2 heterocycles. The number of ether oxygens (including phenoxy) is 2.